The number of imide groups is 1. The maximum Gasteiger partial charge on any atom is 0.424 e. The second-order valence-corrected chi connectivity index (χ2v) is 8.72. The monoisotopic (exact) mass is 399 g/mol. The maximum atomic E-state index is 12.7. The fourth-order valence-corrected chi connectivity index (χ4v) is 2.80. The van der Waals surface area contributed by atoms with Gasteiger partial charge in [-0.2, -0.15) is 4.90 Å². The molecule has 1 aromatic rings. The summed E-state index contributed by atoms with van der Waals surface area (Å²) in [5.41, 5.74) is -1.93. The highest BCUT2D eigenvalue weighted by Crippen LogP contribution is 2.33. The molecule has 0 fully saturated rings. The number of thiophene rings is 1. The molecule has 0 aromatic carbocycles. The fourth-order valence-electron chi connectivity index (χ4n) is 1.85. The number of amides is 2. The van der Waals surface area contributed by atoms with Crippen LogP contribution in [0.1, 0.15) is 67.8 Å². The number of ether oxygens (including phenoxy) is 3. The molecule has 0 aliphatic carbocycles. The highest BCUT2D eigenvalue weighted by atomic mass is 32.1. The Bertz CT molecular complexity index is 725. The number of carbonyl (C=O) groups is 4. The van der Waals surface area contributed by atoms with E-state index < -0.39 is 29.4 Å². The van der Waals surface area contributed by atoms with Gasteiger partial charge in [-0.15, -0.1) is 11.3 Å². The number of carbonyl (C=O) groups excluding carboxylic acids is 4. The first-order chi connectivity index (χ1) is 12.2. The molecule has 0 saturated heterocycles. The molecule has 0 spiro atoms. The molecule has 1 rings (SSSR count). The largest absolute Gasteiger partial charge is 0.465 e. The van der Waals surface area contributed by atoms with Gasteiger partial charge >= 0.3 is 18.2 Å². The molecule has 0 atom stereocenters. The SMILES string of the molecule is COC(=O)c1sc(C(C)=O)cc1N(C(=O)OC(C)(C)C)C(=O)OC(C)(C)C. The maximum absolute atomic E-state index is 12.7. The van der Waals surface area contributed by atoms with Gasteiger partial charge in [0.25, 0.3) is 0 Å². The van der Waals surface area contributed by atoms with Crippen molar-refractivity contribution in [2.24, 2.45) is 0 Å². The third-order valence-corrected chi connectivity index (χ3v) is 4.03. The number of ketones is 1. The summed E-state index contributed by atoms with van der Waals surface area (Å²) >= 11 is 0.818. The van der Waals surface area contributed by atoms with E-state index in [1.165, 1.54) is 13.0 Å². The van der Waals surface area contributed by atoms with Gasteiger partial charge in [0, 0.05) is 0 Å². The number of methoxy groups -OCH3 is 1. The van der Waals surface area contributed by atoms with Gasteiger partial charge in [0.15, 0.2) is 5.78 Å². The molecule has 0 aliphatic heterocycles. The van der Waals surface area contributed by atoms with Crippen LogP contribution in [0.4, 0.5) is 15.3 Å². The number of Topliss-reactive ketones (excluding diaryl/α,β-unsaturated/α-hetero) is 1. The Hall–Kier alpha value is -2.42. The Kier molecular flexibility index (Phi) is 6.77. The number of hydrogen-bond acceptors (Lipinski definition) is 8. The molecule has 27 heavy (non-hydrogen) atoms. The molecule has 0 aliphatic rings. The van der Waals surface area contributed by atoms with Gasteiger partial charge < -0.3 is 14.2 Å². The third kappa shape index (κ3) is 6.35. The van der Waals surface area contributed by atoms with Gasteiger partial charge in [-0.3, -0.25) is 4.79 Å². The minimum Gasteiger partial charge on any atom is -0.465 e. The van der Waals surface area contributed by atoms with Crippen LogP contribution in [0.5, 0.6) is 0 Å². The first-order valence-corrected chi connectivity index (χ1v) is 8.97. The van der Waals surface area contributed by atoms with Crippen LogP contribution >= 0.6 is 11.3 Å². The zero-order valence-electron chi connectivity index (χ0n) is 16.8. The van der Waals surface area contributed by atoms with E-state index in [1.54, 1.807) is 41.5 Å². The summed E-state index contributed by atoms with van der Waals surface area (Å²) in [5.74, 6) is -1.12. The molecular formula is C18H25NO7S. The van der Waals surface area contributed by atoms with Crippen molar-refractivity contribution in [2.75, 3.05) is 12.0 Å². The second kappa shape index (κ2) is 8.08. The zero-order chi connectivity index (χ0) is 21.2. The molecule has 150 valence electrons. The van der Waals surface area contributed by atoms with Crippen molar-refractivity contribution in [1.29, 1.82) is 0 Å². The van der Waals surface area contributed by atoms with Crippen LogP contribution in [0.3, 0.4) is 0 Å². The van der Waals surface area contributed by atoms with Gasteiger partial charge in [-0.25, -0.2) is 14.4 Å². The molecular weight excluding hydrogens is 374 g/mol. The van der Waals surface area contributed by atoms with Gasteiger partial charge in [0.05, 0.1) is 17.7 Å². The lowest BCUT2D eigenvalue weighted by Crippen LogP contribution is -2.44. The Morgan fingerprint density at radius 1 is 0.926 bits per heavy atom. The van der Waals surface area contributed by atoms with Crippen molar-refractivity contribution in [3.63, 3.8) is 0 Å². The second-order valence-electron chi connectivity index (χ2n) is 7.67. The number of anilines is 1. The summed E-state index contributed by atoms with van der Waals surface area (Å²) in [5, 5.41) is 0. The Balaban J connectivity index is 3.54. The van der Waals surface area contributed by atoms with Crippen LogP contribution in [-0.2, 0) is 14.2 Å². The van der Waals surface area contributed by atoms with E-state index in [-0.39, 0.29) is 21.2 Å². The average molecular weight is 399 g/mol. The van der Waals surface area contributed by atoms with Gasteiger partial charge in [0.1, 0.15) is 16.1 Å². The van der Waals surface area contributed by atoms with Gasteiger partial charge in [-0.05, 0) is 54.5 Å². The molecule has 1 aromatic heterocycles. The van der Waals surface area contributed by atoms with Crippen molar-refractivity contribution >= 4 is 41.0 Å². The Morgan fingerprint density at radius 2 is 1.37 bits per heavy atom. The molecule has 1 heterocycles. The van der Waals surface area contributed by atoms with E-state index in [4.69, 9.17) is 14.2 Å². The number of rotatable bonds is 3. The summed E-state index contributed by atoms with van der Waals surface area (Å²) < 4.78 is 15.3. The summed E-state index contributed by atoms with van der Waals surface area (Å²) in [6.07, 6.45) is -2.07. The normalized spacial score (nSPS) is 11.6. The highest BCUT2D eigenvalue weighted by molar-refractivity contribution is 7.16. The molecule has 0 saturated carbocycles. The van der Waals surface area contributed by atoms with Crippen LogP contribution in [0, 0.1) is 0 Å². The predicted molar refractivity (Wildman–Crippen MR) is 101 cm³/mol. The molecule has 8 nitrogen and oxygen atoms in total. The van der Waals surface area contributed by atoms with Gasteiger partial charge in [-0.1, -0.05) is 0 Å². The van der Waals surface area contributed by atoms with Crippen LogP contribution in [0.15, 0.2) is 6.07 Å². The van der Waals surface area contributed by atoms with Gasteiger partial charge in [0.2, 0.25) is 0 Å². The summed E-state index contributed by atoms with van der Waals surface area (Å²) in [6, 6.07) is 1.27. The lowest BCUT2D eigenvalue weighted by atomic mass is 10.2. The highest BCUT2D eigenvalue weighted by Gasteiger charge is 2.36. The third-order valence-electron chi connectivity index (χ3n) is 2.82. The van der Waals surface area contributed by atoms with E-state index in [9.17, 15) is 19.2 Å². The summed E-state index contributed by atoms with van der Waals surface area (Å²) in [6.45, 7) is 11.1. The average Bonchev–Trinajstić information content (AvgIpc) is 2.87. The first kappa shape index (κ1) is 22.6. The van der Waals surface area contributed by atoms with Crippen molar-refractivity contribution < 1.29 is 33.4 Å². The zero-order valence-corrected chi connectivity index (χ0v) is 17.6. The van der Waals surface area contributed by atoms with Crippen molar-refractivity contribution in [2.45, 2.75) is 59.7 Å². The number of nitrogens with zero attached hydrogens (tertiary/aromatic N) is 1. The molecule has 0 bridgehead atoms. The number of hydrogen-bond donors (Lipinski definition) is 0. The van der Waals surface area contributed by atoms with Crippen molar-refractivity contribution in [3.8, 4) is 0 Å². The smallest absolute Gasteiger partial charge is 0.424 e. The molecule has 0 radical (unpaired) electrons. The fraction of sp³-hybridized carbons (Fsp3) is 0.556. The van der Waals surface area contributed by atoms with Crippen LogP contribution in [0.2, 0.25) is 0 Å². The van der Waals surface area contributed by atoms with E-state index in [0.717, 1.165) is 18.4 Å². The van der Waals surface area contributed by atoms with Crippen LogP contribution in [0.25, 0.3) is 0 Å². The molecule has 0 unspecified atom stereocenters. The van der Waals surface area contributed by atoms with Crippen LogP contribution in [-0.4, -0.2) is 42.3 Å². The summed E-state index contributed by atoms with van der Waals surface area (Å²) in [7, 11) is 1.16. The molecule has 9 heteroatoms. The van der Waals surface area contributed by atoms with E-state index in [2.05, 4.69) is 0 Å². The van der Waals surface area contributed by atoms with Crippen molar-refractivity contribution in [1.82, 2.24) is 0 Å². The number of esters is 1. The first-order valence-electron chi connectivity index (χ1n) is 8.15. The van der Waals surface area contributed by atoms with E-state index in [1.807, 2.05) is 0 Å². The Labute approximate surface area is 162 Å². The topological polar surface area (TPSA) is 99.2 Å². The Morgan fingerprint density at radius 3 is 1.70 bits per heavy atom. The molecule has 2 amide bonds. The standard InChI is InChI=1S/C18H25NO7S/c1-10(20)12-9-11(13(27-12)14(21)24-8)19(15(22)25-17(2,3)4)16(23)26-18(5,6)7/h9H,1-8H3. The van der Waals surface area contributed by atoms with E-state index >= 15 is 0 Å². The lowest BCUT2D eigenvalue weighted by molar-refractivity contribution is 0.0430. The summed E-state index contributed by atoms with van der Waals surface area (Å²) in [4.78, 5) is 50.0. The minimum atomic E-state index is -1.03. The quantitative estimate of drug-likeness (QED) is 0.421. The van der Waals surface area contributed by atoms with Crippen LogP contribution < -0.4 is 4.90 Å². The van der Waals surface area contributed by atoms with Crippen molar-refractivity contribution in [3.05, 3.63) is 15.8 Å². The van der Waals surface area contributed by atoms with E-state index in [0.29, 0.717) is 4.90 Å². The molecule has 0 N–H and O–H groups in total. The minimum absolute atomic E-state index is 0.0839. The lowest BCUT2D eigenvalue weighted by Gasteiger charge is -2.28. The predicted octanol–water partition coefficient (Wildman–Crippen LogP) is 4.41.